The molecule has 1 atom stereocenters. The van der Waals surface area contributed by atoms with Crippen LogP contribution in [0.15, 0.2) is 48.5 Å². The van der Waals surface area contributed by atoms with Crippen LogP contribution in [0.3, 0.4) is 0 Å². The Morgan fingerprint density at radius 3 is 2.44 bits per heavy atom. The van der Waals surface area contributed by atoms with Crippen LogP contribution >= 0.6 is 11.6 Å². The maximum atomic E-state index is 13.0. The fraction of sp³-hybridized carbons (Fsp3) is 0.263. The molecule has 2 aliphatic heterocycles. The van der Waals surface area contributed by atoms with Crippen molar-refractivity contribution >= 4 is 33.3 Å². The molecule has 27 heavy (non-hydrogen) atoms. The second-order valence-corrected chi connectivity index (χ2v) is 9.37. The zero-order chi connectivity index (χ0) is 19.4. The summed E-state index contributed by atoms with van der Waals surface area (Å²) in [7, 11) is -3.51. The molecule has 0 N–H and O–H groups in total. The van der Waals surface area contributed by atoms with Gasteiger partial charge < -0.3 is 9.80 Å². The van der Waals surface area contributed by atoms with E-state index in [-0.39, 0.29) is 12.5 Å². The Hall–Kier alpha value is -2.38. The molecule has 4 rings (SSSR count). The molecule has 1 unspecified atom stereocenters. The maximum absolute atomic E-state index is 13.0. The number of hydrogen-bond donors (Lipinski definition) is 0. The number of halogens is 1. The van der Waals surface area contributed by atoms with Crippen LogP contribution in [-0.2, 0) is 20.3 Å². The monoisotopic (exact) mass is 404 g/mol. The van der Waals surface area contributed by atoms with Crippen molar-refractivity contribution in [3.8, 4) is 0 Å². The van der Waals surface area contributed by atoms with Crippen LogP contribution in [0.5, 0.6) is 0 Å². The standard InChI is InChI=1S/C19H17ClN2O4S/c1-27(25,26)12-17(23)21-10-11-22-18(24)15-4-2-3-5-16(15)19(21,22)13-6-8-14(20)9-7-13/h2-9H,10-12H2,1H3. The molecule has 140 valence electrons. The second kappa shape index (κ2) is 6.07. The number of amides is 2. The molecule has 0 spiro atoms. The van der Waals surface area contributed by atoms with Gasteiger partial charge in [0.15, 0.2) is 15.5 Å². The number of hydrogen-bond acceptors (Lipinski definition) is 4. The van der Waals surface area contributed by atoms with Gasteiger partial charge in [0.05, 0.1) is 0 Å². The number of carbonyl (C=O) groups excluding carboxylic acids is 2. The number of sulfone groups is 1. The minimum Gasteiger partial charge on any atom is -0.309 e. The minimum atomic E-state index is -3.51. The van der Waals surface area contributed by atoms with Crippen molar-refractivity contribution in [2.24, 2.45) is 0 Å². The number of carbonyl (C=O) groups is 2. The van der Waals surface area contributed by atoms with Gasteiger partial charge in [-0.05, 0) is 18.2 Å². The molecule has 2 aliphatic rings. The fourth-order valence-corrected chi connectivity index (χ4v) is 4.81. The van der Waals surface area contributed by atoms with Crippen molar-refractivity contribution in [1.29, 1.82) is 0 Å². The van der Waals surface area contributed by atoms with Crippen LogP contribution in [-0.4, -0.2) is 55.1 Å². The first-order chi connectivity index (χ1) is 12.7. The zero-order valence-corrected chi connectivity index (χ0v) is 16.1. The molecule has 2 aromatic carbocycles. The lowest BCUT2D eigenvalue weighted by Gasteiger charge is -2.40. The first kappa shape index (κ1) is 18.0. The summed E-state index contributed by atoms with van der Waals surface area (Å²) < 4.78 is 23.5. The van der Waals surface area contributed by atoms with Crippen LogP contribution in [0.25, 0.3) is 0 Å². The Labute approximate surface area is 162 Å². The van der Waals surface area contributed by atoms with Crippen molar-refractivity contribution in [2.75, 3.05) is 25.1 Å². The summed E-state index contributed by atoms with van der Waals surface area (Å²) in [6, 6.07) is 14.1. The highest BCUT2D eigenvalue weighted by molar-refractivity contribution is 7.91. The summed E-state index contributed by atoms with van der Waals surface area (Å²) in [4.78, 5) is 29.1. The van der Waals surface area contributed by atoms with Crippen molar-refractivity contribution < 1.29 is 18.0 Å². The van der Waals surface area contributed by atoms with Crippen molar-refractivity contribution in [3.63, 3.8) is 0 Å². The van der Waals surface area contributed by atoms with E-state index in [1.54, 1.807) is 41.3 Å². The molecule has 0 bridgehead atoms. The molecule has 1 fully saturated rings. The van der Waals surface area contributed by atoms with Gasteiger partial charge in [-0.2, -0.15) is 0 Å². The van der Waals surface area contributed by atoms with E-state index in [1.165, 1.54) is 4.90 Å². The third-order valence-electron chi connectivity index (χ3n) is 5.04. The molecule has 2 aromatic rings. The highest BCUT2D eigenvalue weighted by Crippen LogP contribution is 2.49. The summed E-state index contributed by atoms with van der Waals surface area (Å²) in [5, 5.41) is 0.534. The van der Waals surface area contributed by atoms with Crippen LogP contribution in [0, 0.1) is 0 Å². The Morgan fingerprint density at radius 1 is 1.11 bits per heavy atom. The lowest BCUT2D eigenvalue weighted by molar-refractivity contribution is -0.133. The molecule has 0 saturated carbocycles. The smallest absolute Gasteiger partial charge is 0.256 e. The van der Waals surface area contributed by atoms with Crippen molar-refractivity contribution in [2.45, 2.75) is 5.66 Å². The van der Waals surface area contributed by atoms with Gasteiger partial charge in [0, 0.05) is 41.1 Å². The Morgan fingerprint density at radius 2 is 1.78 bits per heavy atom. The maximum Gasteiger partial charge on any atom is 0.256 e. The quantitative estimate of drug-likeness (QED) is 0.782. The lowest BCUT2D eigenvalue weighted by Crippen LogP contribution is -2.52. The van der Waals surface area contributed by atoms with E-state index >= 15 is 0 Å². The average molecular weight is 405 g/mol. The molecule has 1 saturated heterocycles. The Bertz CT molecular complexity index is 1050. The molecule has 0 radical (unpaired) electrons. The van der Waals surface area contributed by atoms with Gasteiger partial charge in [0.2, 0.25) is 5.91 Å². The molecule has 2 heterocycles. The molecule has 0 aromatic heterocycles. The lowest BCUT2D eigenvalue weighted by atomic mass is 9.90. The van der Waals surface area contributed by atoms with Crippen LogP contribution in [0.2, 0.25) is 5.02 Å². The van der Waals surface area contributed by atoms with Crippen LogP contribution < -0.4 is 0 Å². The van der Waals surface area contributed by atoms with Gasteiger partial charge in [-0.3, -0.25) is 9.59 Å². The largest absolute Gasteiger partial charge is 0.309 e. The SMILES string of the molecule is CS(=O)(=O)CC(=O)N1CCN2C(=O)c3ccccc3C12c1ccc(Cl)cc1. The van der Waals surface area contributed by atoms with E-state index in [0.29, 0.717) is 28.3 Å². The summed E-state index contributed by atoms with van der Waals surface area (Å²) in [6.45, 7) is 0.586. The van der Waals surface area contributed by atoms with E-state index in [1.807, 2.05) is 12.1 Å². The summed E-state index contributed by atoms with van der Waals surface area (Å²) >= 11 is 6.03. The number of fused-ring (bicyclic) bond motifs is 3. The number of benzene rings is 2. The minimum absolute atomic E-state index is 0.171. The normalized spacial score (nSPS) is 21.3. The van der Waals surface area contributed by atoms with Crippen LogP contribution in [0.1, 0.15) is 21.5 Å². The van der Waals surface area contributed by atoms with E-state index in [2.05, 4.69) is 0 Å². The van der Waals surface area contributed by atoms with Gasteiger partial charge in [-0.1, -0.05) is 41.9 Å². The fourth-order valence-electron chi connectivity index (χ4n) is 4.08. The summed E-state index contributed by atoms with van der Waals surface area (Å²) in [6.07, 6.45) is 1.03. The van der Waals surface area contributed by atoms with E-state index in [4.69, 9.17) is 11.6 Å². The van der Waals surface area contributed by atoms with Crippen LogP contribution in [0.4, 0.5) is 0 Å². The predicted octanol–water partition coefficient (Wildman–Crippen LogP) is 1.88. The van der Waals surface area contributed by atoms with E-state index in [9.17, 15) is 18.0 Å². The Kier molecular flexibility index (Phi) is 4.05. The number of rotatable bonds is 3. The molecule has 6 nitrogen and oxygen atoms in total. The summed E-state index contributed by atoms with van der Waals surface area (Å²) in [5.74, 6) is -1.30. The average Bonchev–Trinajstić information content (AvgIpc) is 3.11. The third-order valence-corrected chi connectivity index (χ3v) is 6.06. The number of nitrogens with zero attached hydrogens (tertiary/aromatic N) is 2. The molecule has 0 aliphatic carbocycles. The first-order valence-electron chi connectivity index (χ1n) is 8.41. The summed E-state index contributed by atoms with van der Waals surface area (Å²) in [5.41, 5.74) is 0.741. The highest BCUT2D eigenvalue weighted by Gasteiger charge is 2.59. The van der Waals surface area contributed by atoms with Gasteiger partial charge in [0.25, 0.3) is 5.91 Å². The highest BCUT2D eigenvalue weighted by atomic mass is 35.5. The Balaban J connectivity index is 1.96. The zero-order valence-electron chi connectivity index (χ0n) is 14.6. The second-order valence-electron chi connectivity index (χ2n) is 6.80. The van der Waals surface area contributed by atoms with Gasteiger partial charge in [0.1, 0.15) is 5.75 Å². The van der Waals surface area contributed by atoms with Gasteiger partial charge in [-0.15, -0.1) is 0 Å². The molecule has 2 amide bonds. The molecular formula is C19H17ClN2O4S. The molecular weight excluding hydrogens is 388 g/mol. The van der Waals surface area contributed by atoms with Gasteiger partial charge in [-0.25, -0.2) is 8.42 Å². The molecule has 8 heteroatoms. The first-order valence-corrected chi connectivity index (χ1v) is 10.8. The van der Waals surface area contributed by atoms with Crippen molar-refractivity contribution in [3.05, 3.63) is 70.2 Å². The topological polar surface area (TPSA) is 74.8 Å². The van der Waals surface area contributed by atoms with Crippen molar-refractivity contribution in [1.82, 2.24) is 9.80 Å². The third kappa shape index (κ3) is 2.64. The van der Waals surface area contributed by atoms with E-state index in [0.717, 1.165) is 6.26 Å². The van der Waals surface area contributed by atoms with Gasteiger partial charge >= 0.3 is 0 Å². The predicted molar refractivity (Wildman–Crippen MR) is 101 cm³/mol. The van der Waals surface area contributed by atoms with E-state index < -0.39 is 27.2 Å².